The number of hydrogen-bond donors (Lipinski definition) is 0. The average Bonchev–Trinajstić information content (AvgIpc) is 2.14. The molecule has 0 radical (unpaired) electrons. The zero-order chi connectivity index (χ0) is 8.65. The fourth-order valence-corrected chi connectivity index (χ4v) is 0.922. The summed E-state index contributed by atoms with van der Waals surface area (Å²) in [5.74, 6) is 1.26. The van der Waals surface area contributed by atoms with Crippen LogP contribution >= 0.6 is 11.6 Å². The van der Waals surface area contributed by atoms with Crippen molar-refractivity contribution in [2.24, 2.45) is 0 Å². The number of unbranched alkanes of at least 4 members (excludes halogenated alkanes) is 1. The SMILES string of the molecule is ClCCCCOc1cnccn1. The number of rotatable bonds is 5. The number of ether oxygens (including phenoxy) is 1. The maximum atomic E-state index is 5.50. The van der Waals surface area contributed by atoms with Crippen molar-refractivity contribution >= 4 is 11.6 Å². The molecule has 0 saturated heterocycles. The predicted octanol–water partition coefficient (Wildman–Crippen LogP) is 1.87. The van der Waals surface area contributed by atoms with E-state index in [-0.39, 0.29) is 0 Å². The topological polar surface area (TPSA) is 35.0 Å². The molecule has 0 spiro atoms. The van der Waals surface area contributed by atoms with Gasteiger partial charge in [0.25, 0.3) is 0 Å². The van der Waals surface area contributed by atoms with E-state index in [1.165, 1.54) is 0 Å². The maximum Gasteiger partial charge on any atom is 0.232 e. The molecule has 0 bridgehead atoms. The van der Waals surface area contributed by atoms with Crippen LogP contribution in [0.25, 0.3) is 0 Å². The lowest BCUT2D eigenvalue weighted by atomic mass is 10.4. The van der Waals surface area contributed by atoms with Gasteiger partial charge in [-0.2, -0.15) is 0 Å². The standard InChI is InChI=1S/C8H11ClN2O/c9-3-1-2-6-12-8-7-10-4-5-11-8/h4-5,7H,1-3,6H2. The van der Waals surface area contributed by atoms with Gasteiger partial charge in [-0.15, -0.1) is 11.6 Å². The first-order valence-electron chi connectivity index (χ1n) is 3.88. The molecule has 1 aromatic heterocycles. The first-order valence-corrected chi connectivity index (χ1v) is 4.41. The normalized spacial score (nSPS) is 9.75. The summed E-state index contributed by atoms with van der Waals surface area (Å²) in [5.41, 5.74) is 0. The van der Waals surface area contributed by atoms with Gasteiger partial charge in [-0.3, -0.25) is 4.98 Å². The first kappa shape index (κ1) is 9.26. The quantitative estimate of drug-likeness (QED) is 0.520. The van der Waals surface area contributed by atoms with Gasteiger partial charge in [0, 0.05) is 18.3 Å². The van der Waals surface area contributed by atoms with Crippen LogP contribution in [0.15, 0.2) is 18.6 Å². The minimum absolute atomic E-state index is 0.576. The van der Waals surface area contributed by atoms with Gasteiger partial charge in [0.2, 0.25) is 5.88 Å². The van der Waals surface area contributed by atoms with E-state index in [0.717, 1.165) is 12.8 Å². The van der Waals surface area contributed by atoms with E-state index in [9.17, 15) is 0 Å². The molecular weight excluding hydrogens is 176 g/mol. The van der Waals surface area contributed by atoms with Crippen LogP contribution in [0.2, 0.25) is 0 Å². The molecule has 1 aromatic rings. The molecule has 1 rings (SSSR count). The third-order valence-corrected chi connectivity index (χ3v) is 1.58. The highest BCUT2D eigenvalue weighted by molar-refractivity contribution is 6.17. The van der Waals surface area contributed by atoms with Crippen LogP contribution < -0.4 is 4.74 Å². The molecule has 0 N–H and O–H groups in total. The monoisotopic (exact) mass is 186 g/mol. The summed E-state index contributed by atoms with van der Waals surface area (Å²) in [6.45, 7) is 0.658. The molecule has 3 nitrogen and oxygen atoms in total. The van der Waals surface area contributed by atoms with Gasteiger partial charge in [0.05, 0.1) is 12.8 Å². The highest BCUT2D eigenvalue weighted by Crippen LogP contribution is 2.02. The van der Waals surface area contributed by atoms with Crippen LogP contribution in [0.3, 0.4) is 0 Å². The Labute approximate surface area is 76.7 Å². The summed E-state index contributed by atoms with van der Waals surface area (Å²) in [6.07, 6.45) is 6.76. The summed E-state index contributed by atoms with van der Waals surface area (Å²) in [6, 6.07) is 0. The second kappa shape index (κ2) is 5.77. The average molecular weight is 187 g/mol. The van der Waals surface area contributed by atoms with Gasteiger partial charge >= 0.3 is 0 Å². The first-order chi connectivity index (χ1) is 5.93. The van der Waals surface area contributed by atoms with Gasteiger partial charge in [0.1, 0.15) is 0 Å². The Hall–Kier alpha value is -0.830. The fraction of sp³-hybridized carbons (Fsp3) is 0.500. The lowest BCUT2D eigenvalue weighted by molar-refractivity contribution is 0.296. The van der Waals surface area contributed by atoms with Gasteiger partial charge < -0.3 is 4.74 Å². The van der Waals surface area contributed by atoms with Crippen LogP contribution in [0, 0.1) is 0 Å². The van der Waals surface area contributed by atoms with Crippen molar-refractivity contribution in [3.05, 3.63) is 18.6 Å². The van der Waals surface area contributed by atoms with E-state index < -0.39 is 0 Å². The van der Waals surface area contributed by atoms with Crippen molar-refractivity contribution in [3.63, 3.8) is 0 Å². The van der Waals surface area contributed by atoms with Gasteiger partial charge in [-0.1, -0.05) is 0 Å². The van der Waals surface area contributed by atoms with E-state index in [1.54, 1.807) is 18.6 Å². The van der Waals surface area contributed by atoms with Crippen molar-refractivity contribution in [1.82, 2.24) is 9.97 Å². The Morgan fingerprint density at radius 1 is 1.33 bits per heavy atom. The largest absolute Gasteiger partial charge is 0.477 e. The van der Waals surface area contributed by atoms with E-state index >= 15 is 0 Å². The molecule has 0 aromatic carbocycles. The summed E-state index contributed by atoms with van der Waals surface area (Å²) in [4.78, 5) is 7.83. The summed E-state index contributed by atoms with van der Waals surface area (Å²) in [7, 11) is 0. The third-order valence-electron chi connectivity index (χ3n) is 1.32. The minimum Gasteiger partial charge on any atom is -0.477 e. The number of nitrogens with zero attached hydrogens (tertiary/aromatic N) is 2. The smallest absolute Gasteiger partial charge is 0.232 e. The Bertz CT molecular complexity index is 205. The highest BCUT2D eigenvalue weighted by Gasteiger charge is 1.92. The maximum absolute atomic E-state index is 5.50. The second-order valence-electron chi connectivity index (χ2n) is 2.29. The van der Waals surface area contributed by atoms with Crippen molar-refractivity contribution in [1.29, 1.82) is 0 Å². The van der Waals surface area contributed by atoms with Crippen molar-refractivity contribution in [2.45, 2.75) is 12.8 Å². The lowest BCUT2D eigenvalue weighted by Gasteiger charge is -2.01. The molecule has 0 aliphatic heterocycles. The second-order valence-corrected chi connectivity index (χ2v) is 2.67. The summed E-state index contributed by atoms with van der Waals surface area (Å²) >= 11 is 5.50. The molecular formula is C8H11ClN2O. The minimum atomic E-state index is 0.576. The molecule has 1 heterocycles. The van der Waals surface area contributed by atoms with Crippen LogP contribution in [-0.2, 0) is 0 Å². The number of halogens is 1. The lowest BCUT2D eigenvalue weighted by Crippen LogP contribution is -1.99. The Balaban J connectivity index is 2.16. The van der Waals surface area contributed by atoms with Crippen LogP contribution in [0.5, 0.6) is 5.88 Å². The number of hydrogen-bond acceptors (Lipinski definition) is 3. The summed E-state index contributed by atoms with van der Waals surface area (Å²) < 4.78 is 5.28. The van der Waals surface area contributed by atoms with E-state index in [1.807, 2.05) is 0 Å². The molecule has 0 aliphatic carbocycles. The third kappa shape index (κ3) is 3.53. The molecule has 0 saturated carbocycles. The molecule has 0 fully saturated rings. The summed E-state index contributed by atoms with van der Waals surface area (Å²) in [5, 5.41) is 0. The van der Waals surface area contributed by atoms with E-state index in [4.69, 9.17) is 16.3 Å². The molecule has 0 unspecified atom stereocenters. The zero-order valence-corrected chi connectivity index (χ0v) is 7.50. The Kier molecular flexibility index (Phi) is 4.46. The Morgan fingerprint density at radius 3 is 2.92 bits per heavy atom. The predicted molar refractivity (Wildman–Crippen MR) is 47.5 cm³/mol. The number of aromatic nitrogens is 2. The van der Waals surface area contributed by atoms with Crippen molar-refractivity contribution in [2.75, 3.05) is 12.5 Å². The molecule has 0 atom stereocenters. The van der Waals surface area contributed by atoms with Crippen LogP contribution in [-0.4, -0.2) is 22.5 Å². The molecule has 0 aliphatic rings. The van der Waals surface area contributed by atoms with Crippen molar-refractivity contribution < 1.29 is 4.74 Å². The molecule has 66 valence electrons. The van der Waals surface area contributed by atoms with E-state index in [2.05, 4.69) is 9.97 Å². The van der Waals surface area contributed by atoms with Crippen LogP contribution in [0.1, 0.15) is 12.8 Å². The molecule has 0 amide bonds. The number of alkyl halides is 1. The van der Waals surface area contributed by atoms with Gasteiger partial charge in [0.15, 0.2) is 0 Å². The van der Waals surface area contributed by atoms with Gasteiger partial charge in [-0.05, 0) is 12.8 Å². The van der Waals surface area contributed by atoms with E-state index in [0.29, 0.717) is 18.4 Å². The molecule has 12 heavy (non-hydrogen) atoms. The Morgan fingerprint density at radius 2 is 2.25 bits per heavy atom. The zero-order valence-electron chi connectivity index (χ0n) is 6.74. The van der Waals surface area contributed by atoms with Crippen molar-refractivity contribution in [3.8, 4) is 5.88 Å². The van der Waals surface area contributed by atoms with Crippen LogP contribution in [0.4, 0.5) is 0 Å². The molecule has 4 heteroatoms. The highest BCUT2D eigenvalue weighted by atomic mass is 35.5. The van der Waals surface area contributed by atoms with Gasteiger partial charge in [-0.25, -0.2) is 4.98 Å². The fourth-order valence-electron chi connectivity index (χ4n) is 0.733.